The number of hydrogen-bond acceptors (Lipinski definition) is 3. The van der Waals surface area contributed by atoms with Crippen LogP contribution in [0.4, 0.5) is 5.69 Å². The zero-order valence-corrected chi connectivity index (χ0v) is 19.2. The molecule has 0 saturated heterocycles. The zero-order chi connectivity index (χ0) is 22.1. The highest BCUT2D eigenvalue weighted by Crippen LogP contribution is 2.26. The van der Waals surface area contributed by atoms with E-state index in [9.17, 15) is 9.59 Å². The summed E-state index contributed by atoms with van der Waals surface area (Å²) < 4.78 is 4.34. The average molecular weight is 479 g/mol. The average Bonchev–Trinajstić information content (AvgIpc) is 3.10. The summed E-state index contributed by atoms with van der Waals surface area (Å²) >= 11 is 3.40. The van der Waals surface area contributed by atoms with Crippen LogP contribution >= 0.6 is 15.9 Å². The van der Waals surface area contributed by atoms with E-state index < -0.39 is 0 Å². The number of aryl methyl sites for hydroxylation is 3. The van der Waals surface area contributed by atoms with Gasteiger partial charge in [-0.05, 0) is 56.2 Å². The van der Waals surface area contributed by atoms with Crippen LogP contribution in [0.15, 0.2) is 63.9 Å². The highest BCUT2D eigenvalue weighted by atomic mass is 79.9. The lowest BCUT2D eigenvalue weighted by Gasteiger charge is -2.13. The van der Waals surface area contributed by atoms with Crippen LogP contribution in [0.1, 0.15) is 23.2 Å². The van der Waals surface area contributed by atoms with Gasteiger partial charge in [-0.1, -0.05) is 40.2 Å². The topological polar surface area (TPSA) is 68.9 Å². The zero-order valence-electron chi connectivity index (χ0n) is 17.6. The van der Waals surface area contributed by atoms with Gasteiger partial charge in [0.25, 0.3) is 5.56 Å². The molecule has 1 amide bonds. The van der Waals surface area contributed by atoms with Gasteiger partial charge in [-0.25, -0.2) is 4.68 Å². The first-order valence-electron chi connectivity index (χ1n) is 10.1. The fourth-order valence-corrected chi connectivity index (χ4v) is 4.34. The number of hydrogen-bond donors (Lipinski definition) is 1. The Kier molecular flexibility index (Phi) is 5.78. The van der Waals surface area contributed by atoms with Crippen molar-refractivity contribution < 1.29 is 4.79 Å². The number of amides is 1. The molecule has 0 atom stereocenters. The van der Waals surface area contributed by atoms with Gasteiger partial charge >= 0.3 is 0 Å². The molecule has 0 fully saturated rings. The van der Waals surface area contributed by atoms with Gasteiger partial charge in [0.15, 0.2) is 0 Å². The minimum Gasteiger partial charge on any atom is -0.326 e. The lowest BCUT2D eigenvalue weighted by Crippen LogP contribution is -2.25. The first-order valence-corrected chi connectivity index (χ1v) is 10.8. The molecular formula is C24H23BrN4O2. The maximum Gasteiger partial charge on any atom is 0.255 e. The van der Waals surface area contributed by atoms with Gasteiger partial charge < -0.3 is 5.32 Å². The Bertz CT molecular complexity index is 1340. The molecular weight excluding hydrogens is 456 g/mol. The van der Waals surface area contributed by atoms with E-state index in [-0.39, 0.29) is 17.9 Å². The quantitative estimate of drug-likeness (QED) is 0.452. The molecule has 31 heavy (non-hydrogen) atoms. The SMILES string of the molecule is Cc1nn(-c2ccccc2)c2c1c(C)c(CCC(=O)Nc1cccc(Br)c1)c(=O)n2C. The molecule has 0 spiro atoms. The maximum absolute atomic E-state index is 13.2. The number of pyridine rings is 1. The van der Waals surface area contributed by atoms with Crippen LogP contribution in [0.5, 0.6) is 0 Å². The number of nitrogens with zero attached hydrogens (tertiary/aromatic N) is 3. The molecule has 0 saturated carbocycles. The largest absolute Gasteiger partial charge is 0.326 e. The molecule has 2 aromatic carbocycles. The van der Waals surface area contributed by atoms with E-state index in [4.69, 9.17) is 5.10 Å². The highest BCUT2D eigenvalue weighted by Gasteiger charge is 2.20. The third-order valence-corrected chi connectivity index (χ3v) is 5.95. The van der Waals surface area contributed by atoms with Gasteiger partial charge in [-0.15, -0.1) is 0 Å². The summed E-state index contributed by atoms with van der Waals surface area (Å²) in [7, 11) is 1.76. The van der Waals surface area contributed by atoms with E-state index in [2.05, 4.69) is 21.2 Å². The number of benzene rings is 2. The summed E-state index contributed by atoms with van der Waals surface area (Å²) in [6, 6.07) is 17.2. The van der Waals surface area contributed by atoms with Crippen molar-refractivity contribution in [2.75, 3.05) is 5.32 Å². The molecule has 0 bridgehead atoms. The van der Waals surface area contributed by atoms with Crippen molar-refractivity contribution in [2.45, 2.75) is 26.7 Å². The molecule has 7 heteroatoms. The monoisotopic (exact) mass is 478 g/mol. The van der Waals surface area contributed by atoms with Gasteiger partial charge in [0.2, 0.25) is 5.91 Å². The molecule has 6 nitrogen and oxygen atoms in total. The molecule has 4 rings (SSSR count). The molecule has 0 unspecified atom stereocenters. The van der Waals surface area contributed by atoms with E-state index >= 15 is 0 Å². The number of nitrogens with one attached hydrogen (secondary N) is 1. The third-order valence-electron chi connectivity index (χ3n) is 5.46. The number of rotatable bonds is 5. The maximum atomic E-state index is 13.2. The van der Waals surface area contributed by atoms with Crippen LogP contribution in [0.25, 0.3) is 16.7 Å². The summed E-state index contributed by atoms with van der Waals surface area (Å²) in [5.41, 5.74) is 4.66. The van der Waals surface area contributed by atoms with Crippen molar-refractivity contribution in [1.29, 1.82) is 0 Å². The number of aromatic nitrogens is 3. The number of carbonyl (C=O) groups excluding carboxylic acids is 1. The Hall–Kier alpha value is -3.19. The Balaban J connectivity index is 1.67. The predicted octanol–water partition coefficient (Wildman–Crippen LogP) is 4.67. The van der Waals surface area contributed by atoms with Crippen molar-refractivity contribution in [2.24, 2.45) is 7.05 Å². The van der Waals surface area contributed by atoms with Crippen molar-refractivity contribution in [1.82, 2.24) is 14.3 Å². The van der Waals surface area contributed by atoms with E-state index in [1.54, 1.807) is 11.6 Å². The standard InChI is InChI=1S/C24H23BrN4O2/c1-15-20(12-13-21(30)26-18-9-7-8-17(25)14-18)24(31)28(3)23-22(15)16(2)27-29(23)19-10-5-4-6-11-19/h4-11,14H,12-13H2,1-3H3,(H,26,30). The van der Waals surface area contributed by atoms with Crippen LogP contribution in [0.3, 0.4) is 0 Å². The summed E-state index contributed by atoms with van der Waals surface area (Å²) in [4.78, 5) is 25.7. The molecule has 2 heterocycles. The third kappa shape index (κ3) is 4.05. The minimum atomic E-state index is -0.128. The summed E-state index contributed by atoms with van der Waals surface area (Å²) in [5.74, 6) is -0.128. The predicted molar refractivity (Wildman–Crippen MR) is 127 cm³/mol. The molecule has 0 radical (unpaired) electrons. The van der Waals surface area contributed by atoms with Gasteiger partial charge in [0.05, 0.1) is 11.4 Å². The molecule has 1 N–H and O–H groups in total. The molecule has 0 aliphatic heterocycles. The van der Waals surface area contributed by atoms with Gasteiger partial charge in [-0.2, -0.15) is 5.10 Å². The van der Waals surface area contributed by atoms with Gasteiger partial charge in [-0.3, -0.25) is 14.2 Å². The second-order valence-electron chi connectivity index (χ2n) is 7.56. The number of fused-ring (bicyclic) bond motifs is 1. The van der Waals surface area contributed by atoms with Crippen molar-refractivity contribution >= 4 is 38.6 Å². The Morgan fingerprint density at radius 1 is 1.10 bits per heavy atom. The van der Waals surface area contributed by atoms with E-state index in [1.165, 1.54) is 0 Å². The highest BCUT2D eigenvalue weighted by molar-refractivity contribution is 9.10. The first-order chi connectivity index (χ1) is 14.9. The van der Waals surface area contributed by atoms with Crippen LogP contribution in [0, 0.1) is 13.8 Å². The van der Waals surface area contributed by atoms with E-state index in [0.717, 1.165) is 38.1 Å². The fourth-order valence-electron chi connectivity index (χ4n) is 3.95. The lowest BCUT2D eigenvalue weighted by molar-refractivity contribution is -0.116. The molecule has 0 aliphatic rings. The number of carbonyl (C=O) groups is 1. The van der Waals surface area contributed by atoms with Crippen LogP contribution < -0.4 is 10.9 Å². The molecule has 2 aromatic heterocycles. The summed E-state index contributed by atoms with van der Waals surface area (Å²) in [6.45, 7) is 3.89. The van der Waals surface area contributed by atoms with Crippen molar-refractivity contribution in [3.8, 4) is 5.69 Å². The second-order valence-corrected chi connectivity index (χ2v) is 8.47. The van der Waals surface area contributed by atoms with Crippen molar-refractivity contribution in [3.63, 3.8) is 0 Å². The minimum absolute atomic E-state index is 0.0997. The molecule has 158 valence electrons. The Morgan fingerprint density at radius 3 is 2.55 bits per heavy atom. The first kappa shape index (κ1) is 21.1. The number of para-hydroxylation sites is 1. The Labute approximate surface area is 188 Å². The normalized spacial score (nSPS) is 11.1. The second kappa shape index (κ2) is 8.51. The molecule has 0 aliphatic carbocycles. The van der Waals surface area contributed by atoms with Gasteiger partial charge in [0, 0.05) is 34.6 Å². The lowest BCUT2D eigenvalue weighted by atomic mass is 10.0. The van der Waals surface area contributed by atoms with E-state index in [1.807, 2.05) is 73.1 Å². The fraction of sp³-hybridized carbons (Fsp3) is 0.208. The summed E-state index contributed by atoms with van der Waals surface area (Å²) in [6.07, 6.45) is 0.588. The smallest absolute Gasteiger partial charge is 0.255 e. The number of halogens is 1. The molecule has 4 aromatic rings. The van der Waals surface area contributed by atoms with Crippen molar-refractivity contribution in [3.05, 3.63) is 86.2 Å². The Morgan fingerprint density at radius 2 is 1.84 bits per heavy atom. The summed E-state index contributed by atoms with van der Waals surface area (Å²) in [5, 5.41) is 8.54. The van der Waals surface area contributed by atoms with Gasteiger partial charge in [0.1, 0.15) is 5.65 Å². The van der Waals surface area contributed by atoms with Crippen LogP contribution in [-0.2, 0) is 18.3 Å². The van der Waals surface area contributed by atoms with E-state index in [0.29, 0.717) is 12.0 Å². The van der Waals surface area contributed by atoms with Crippen LogP contribution in [-0.4, -0.2) is 20.3 Å². The number of anilines is 1. The van der Waals surface area contributed by atoms with Crippen LogP contribution in [0.2, 0.25) is 0 Å².